The molecule has 1 saturated carbocycles. The van der Waals surface area contributed by atoms with Gasteiger partial charge in [-0.1, -0.05) is 36.9 Å². The molecule has 4 aromatic rings. The maximum atomic E-state index is 13.8. The summed E-state index contributed by atoms with van der Waals surface area (Å²) in [6.07, 6.45) is 9.52. The minimum absolute atomic E-state index is 0.221. The van der Waals surface area contributed by atoms with E-state index in [9.17, 15) is 4.39 Å². The molecule has 0 spiro atoms. The lowest BCUT2D eigenvalue weighted by Gasteiger charge is -2.25. The minimum atomic E-state index is -0.425. The fourth-order valence-electron chi connectivity index (χ4n) is 4.85. The Hall–Kier alpha value is -3.58. The Kier molecular flexibility index (Phi) is 6.83. The van der Waals surface area contributed by atoms with Crippen molar-refractivity contribution >= 4 is 34.3 Å². The van der Waals surface area contributed by atoms with Crippen LogP contribution < -0.4 is 15.8 Å². The first-order valence-electron chi connectivity index (χ1n) is 12.2. The molecule has 2 heterocycles. The van der Waals surface area contributed by atoms with Gasteiger partial charge in [0.05, 0.1) is 40.8 Å². The van der Waals surface area contributed by atoms with Gasteiger partial charge in [0.25, 0.3) is 0 Å². The summed E-state index contributed by atoms with van der Waals surface area (Å²) in [4.78, 5) is 4.47. The topological polar surface area (TPSA) is 76.9 Å². The average molecular weight is 506 g/mol. The molecule has 186 valence electrons. The van der Waals surface area contributed by atoms with Crippen LogP contribution in [-0.2, 0) is 0 Å². The Morgan fingerprint density at radius 2 is 1.97 bits per heavy atom. The molecule has 36 heavy (non-hydrogen) atoms. The number of anilines is 1. The lowest BCUT2D eigenvalue weighted by atomic mass is 9.95. The zero-order valence-corrected chi connectivity index (χ0v) is 21.1. The second kappa shape index (κ2) is 10.2. The van der Waals surface area contributed by atoms with E-state index in [0.717, 1.165) is 46.5 Å². The molecule has 2 aromatic carbocycles. The Bertz CT molecular complexity index is 1440. The number of aromatic nitrogens is 2. The Morgan fingerprint density at radius 3 is 2.72 bits per heavy atom. The Balaban J connectivity index is 1.63. The van der Waals surface area contributed by atoms with E-state index >= 15 is 0 Å². The highest BCUT2D eigenvalue weighted by Crippen LogP contribution is 2.34. The van der Waals surface area contributed by atoms with E-state index < -0.39 is 5.82 Å². The number of hydrogen-bond donors (Lipinski definition) is 2. The van der Waals surface area contributed by atoms with E-state index in [-0.39, 0.29) is 11.5 Å². The zero-order chi connectivity index (χ0) is 25.2. The predicted octanol–water partition coefficient (Wildman–Crippen LogP) is 6.89. The van der Waals surface area contributed by atoms with Crippen LogP contribution >= 0.6 is 11.6 Å². The molecule has 1 fully saturated rings. The highest BCUT2D eigenvalue weighted by Gasteiger charge is 2.20. The minimum Gasteiger partial charge on any atom is -0.497 e. The van der Waals surface area contributed by atoms with E-state index in [4.69, 9.17) is 22.1 Å². The maximum absolute atomic E-state index is 13.8. The van der Waals surface area contributed by atoms with Crippen LogP contribution in [0.4, 0.5) is 15.8 Å². The summed E-state index contributed by atoms with van der Waals surface area (Å²) in [5.41, 5.74) is 12.4. The van der Waals surface area contributed by atoms with Gasteiger partial charge >= 0.3 is 0 Å². The van der Waals surface area contributed by atoms with Crippen molar-refractivity contribution in [2.75, 3.05) is 12.4 Å². The summed E-state index contributed by atoms with van der Waals surface area (Å²) in [7, 11) is 1.67. The van der Waals surface area contributed by atoms with Gasteiger partial charge in [-0.05, 0) is 61.2 Å². The molecule has 0 unspecified atom stereocenters. The summed E-state index contributed by atoms with van der Waals surface area (Å²) < 4.78 is 21.1. The molecule has 1 aliphatic rings. The number of fused-ring (bicyclic) bond motifs is 1. The summed E-state index contributed by atoms with van der Waals surface area (Å²) in [6.45, 7) is 2.06. The van der Waals surface area contributed by atoms with Crippen molar-refractivity contribution in [3.8, 4) is 16.9 Å². The van der Waals surface area contributed by atoms with Crippen molar-refractivity contribution in [2.45, 2.75) is 45.1 Å². The van der Waals surface area contributed by atoms with Crippen molar-refractivity contribution < 1.29 is 9.13 Å². The SMILES string of the molecule is COc1ccc(-c2cc3c(NC4CCCCC4)c(/C(N)=N/c4cc(F)ccc4Cl)cnn3c2)c(C)c1. The molecule has 8 heteroatoms. The third-order valence-electron chi connectivity index (χ3n) is 6.76. The van der Waals surface area contributed by atoms with Gasteiger partial charge in [0.2, 0.25) is 0 Å². The number of ether oxygens (including phenoxy) is 1. The third-order valence-corrected chi connectivity index (χ3v) is 7.08. The van der Waals surface area contributed by atoms with Crippen molar-refractivity contribution in [1.29, 1.82) is 0 Å². The number of nitrogens with zero attached hydrogens (tertiary/aromatic N) is 3. The smallest absolute Gasteiger partial charge is 0.135 e. The van der Waals surface area contributed by atoms with E-state index in [2.05, 4.69) is 34.5 Å². The van der Waals surface area contributed by atoms with Gasteiger partial charge in [-0.3, -0.25) is 0 Å². The summed E-state index contributed by atoms with van der Waals surface area (Å²) in [6, 6.07) is 12.5. The van der Waals surface area contributed by atoms with Crippen LogP contribution in [-0.4, -0.2) is 28.6 Å². The molecule has 0 atom stereocenters. The number of methoxy groups -OCH3 is 1. The molecule has 0 bridgehead atoms. The van der Waals surface area contributed by atoms with Gasteiger partial charge in [-0.25, -0.2) is 13.9 Å². The van der Waals surface area contributed by atoms with Gasteiger partial charge in [0.15, 0.2) is 0 Å². The quantitative estimate of drug-likeness (QED) is 0.221. The molecule has 0 aliphatic heterocycles. The van der Waals surface area contributed by atoms with Gasteiger partial charge in [0, 0.05) is 23.9 Å². The van der Waals surface area contributed by atoms with E-state index in [1.165, 1.54) is 37.5 Å². The van der Waals surface area contributed by atoms with Crippen molar-refractivity contribution in [1.82, 2.24) is 9.61 Å². The third kappa shape index (κ3) is 4.88. The number of rotatable bonds is 6. The molecule has 0 amide bonds. The van der Waals surface area contributed by atoms with Crippen LogP contribution in [0, 0.1) is 12.7 Å². The number of nitrogens with two attached hydrogens (primary N) is 1. The molecule has 5 rings (SSSR count). The molecule has 0 radical (unpaired) electrons. The fourth-order valence-corrected chi connectivity index (χ4v) is 5.01. The van der Waals surface area contributed by atoms with E-state index in [0.29, 0.717) is 16.6 Å². The Morgan fingerprint density at radius 1 is 1.17 bits per heavy atom. The lowest BCUT2D eigenvalue weighted by molar-refractivity contribution is 0.414. The number of benzene rings is 2. The van der Waals surface area contributed by atoms with Gasteiger partial charge < -0.3 is 15.8 Å². The largest absolute Gasteiger partial charge is 0.497 e. The van der Waals surface area contributed by atoms with E-state index in [1.54, 1.807) is 13.3 Å². The first-order valence-corrected chi connectivity index (χ1v) is 12.5. The molecule has 2 aromatic heterocycles. The van der Waals surface area contributed by atoms with Crippen LogP contribution in [0.15, 0.2) is 59.9 Å². The van der Waals surface area contributed by atoms with Gasteiger partial charge in [0.1, 0.15) is 17.4 Å². The van der Waals surface area contributed by atoms with Gasteiger partial charge in [-0.15, -0.1) is 0 Å². The maximum Gasteiger partial charge on any atom is 0.135 e. The van der Waals surface area contributed by atoms with Crippen molar-refractivity contribution in [3.63, 3.8) is 0 Å². The summed E-state index contributed by atoms with van der Waals surface area (Å²) in [5.74, 6) is 0.616. The van der Waals surface area contributed by atoms with Crippen LogP contribution in [0.5, 0.6) is 5.75 Å². The number of halogens is 2. The van der Waals surface area contributed by atoms with Gasteiger partial charge in [-0.2, -0.15) is 5.10 Å². The predicted molar refractivity (Wildman–Crippen MR) is 144 cm³/mol. The normalized spacial score (nSPS) is 14.8. The molecule has 6 nitrogen and oxygen atoms in total. The first kappa shape index (κ1) is 24.1. The number of aryl methyl sites for hydroxylation is 1. The van der Waals surface area contributed by atoms with Crippen LogP contribution in [0.1, 0.15) is 43.2 Å². The highest BCUT2D eigenvalue weighted by molar-refractivity contribution is 6.33. The second-order valence-electron chi connectivity index (χ2n) is 9.24. The number of aliphatic imine (C=N–C) groups is 1. The highest BCUT2D eigenvalue weighted by atomic mass is 35.5. The van der Waals surface area contributed by atoms with Crippen LogP contribution in [0.3, 0.4) is 0 Å². The van der Waals surface area contributed by atoms with Crippen molar-refractivity contribution in [3.05, 3.63) is 76.8 Å². The summed E-state index contributed by atoms with van der Waals surface area (Å²) in [5, 5.41) is 8.69. The average Bonchev–Trinajstić information content (AvgIpc) is 3.31. The molecule has 1 aliphatic carbocycles. The van der Waals surface area contributed by atoms with E-state index in [1.807, 2.05) is 22.8 Å². The first-order chi connectivity index (χ1) is 17.4. The zero-order valence-electron chi connectivity index (χ0n) is 20.4. The molecule has 0 saturated heterocycles. The van der Waals surface area contributed by atoms with Crippen molar-refractivity contribution in [2.24, 2.45) is 10.7 Å². The number of nitrogens with one attached hydrogen (secondary N) is 1. The standard InChI is InChI=1S/C28H29ClFN5O/c1-17-12-21(36-2)9-10-22(17)18-13-26-27(33-20-6-4-3-5-7-20)23(15-32-35(26)16-18)28(31)34-25-14-19(30)8-11-24(25)29/h8-16,20,33H,3-7H2,1-2H3,(H2,31,34). The Labute approximate surface area is 214 Å². The monoisotopic (exact) mass is 505 g/mol. The number of hydrogen-bond acceptors (Lipinski definition) is 4. The summed E-state index contributed by atoms with van der Waals surface area (Å²) >= 11 is 6.25. The lowest BCUT2D eigenvalue weighted by Crippen LogP contribution is -2.25. The second-order valence-corrected chi connectivity index (χ2v) is 9.65. The molecular formula is C28H29ClFN5O. The molecular weight excluding hydrogens is 477 g/mol. The molecule has 3 N–H and O–H groups in total. The van der Waals surface area contributed by atoms with Crippen LogP contribution in [0.2, 0.25) is 5.02 Å². The fraction of sp³-hybridized carbons (Fsp3) is 0.286. The number of amidine groups is 1. The van der Waals surface area contributed by atoms with Crippen LogP contribution in [0.25, 0.3) is 16.6 Å².